The summed E-state index contributed by atoms with van der Waals surface area (Å²) in [6.45, 7) is 1.58. The van der Waals surface area contributed by atoms with Crippen molar-refractivity contribution in [3.63, 3.8) is 0 Å². The summed E-state index contributed by atoms with van der Waals surface area (Å²) in [4.78, 5) is 15.4. The summed E-state index contributed by atoms with van der Waals surface area (Å²) in [5.41, 5.74) is 1.20. The Labute approximate surface area is 230 Å². The van der Waals surface area contributed by atoms with Crippen LogP contribution >= 0.6 is 11.3 Å². The van der Waals surface area contributed by atoms with Gasteiger partial charge in [-0.1, -0.05) is 31.4 Å². The number of hydrogen-bond acceptors (Lipinski definition) is 8. The minimum absolute atomic E-state index is 0.165. The van der Waals surface area contributed by atoms with Crippen LogP contribution in [0.3, 0.4) is 0 Å². The van der Waals surface area contributed by atoms with Gasteiger partial charge in [0.2, 0.25) is 10.0 Å². The van der Waals surface area contributed by atoms with Crippen molar-refractivity contribution in [2.24, 2.45) is 10.3 Å². The molecule has 0 bridgehead atoms. The Morgan fingerprint density at radius 1 is 1.26 bits per heavy atom. The summed E-state index contributed by atoms with van der Waals surface area (Å²) >= 11 is 1.04. The van der Waals surface area contributed by atoms with Crippen molar-refractivity contribution in [2.75, 3.05) is 11.6 Å². The van der Waals surface area contributed by atoms with Crippen molar-refractivity contribution < 1.29 is 31.1 Å². The van der Waals surface area contributed by atoms with Crippen LogP contribution in [0, 0.1) is 18.7 Å². The zero-order chi connectivity index (χ0) is 28.1. The summed E-state index contributed by atoms with van der Waals surface area (Å²) in [6, 6.07) is 4.35. The number of aliphatic hydroxyl groups excluding tert-OH is 1. The molecule has 3 heterocycles. The minimum atomic E-state index is -4.32. The number of aryl methyl sites for hydroxylation is 1. The van der Waals surface area contributed by atoms with Gasteiger partial charge in [0.15, 0.2) is 5.84 Å². The molecule has 0 radical (unpaired) electrons. The number of nitrogens with one attached hydrogen (secondary N) is 2. The number of sulfonamides is 2. The van der Waals surface area contributed by atoms with E-state index >= 15 is 0 Å². The minimum Gasteiger partial charge on any atom is -0.511 e. The van der Waals surface area contributed by atoms with Crippen LogP contribution < -0.4 is 10.0 Å². The highest BCUT2D eigenvalue weighted by atomic mass is 32.2. The Balaban J connectivity index is 1.54. The lowest BCUT2D eigenvalue weighted by Gasteiger charge is -2.41. The molecule has 2 aromatic rings. The Morgan fingerprint density at radius 2 is 2.00 bits per heavy atom. The molecule has 3 aliphatic rings. The third kappa shape index (κ3) is 5.47. The SMILES string of the molecule is Cc1cc(CN2C(=O)C(C3=NS(=O)(=O)c4c(CNS(C)(=O)=O)csc4N3)=C(O)[C@@H]3CCCCC[C@@H]32)ccc1F. The maximum atomic E-state index is 13.9. The van der Waals surface area contributed by atoms with Gasteiger partial charge in [-0.05, 0) is 42.3 Å². The van der Waals surface area contributed by atoms with Crippen molar-refractivity contribution in [1.29, 1.82) is 0 Å². The monoisotopic (exact) mass is 596 g/mol. The average Bonchev–Trinajstić information content (AvgIpc) is 3.11. The number of thiophene rings is 1. The highest BCUT2D eigenvalue weighted by Gasteiger charge is 2.45. The third-order valence-corrected chi connectivity index (χ3v) is 10.5. The van der Waals surface area contributed by atoms with Crippen molar-refractivity contribution in [2.45, 2.75) is 63.1 Å². The lowest BCUT2D eigenvalue weighted by Crippen LogP contribution is -2.51. The Morgan fingerprint density at radius 3 is 2.72 bits per heavy atom. The Bertz CT molecular complexity index is 1610. The fourth-order valence-electron chi connectivity index (χ4n) is 5.47. The lowest BCUT2D eigenvalue weighted by molar-refractivity contribution is -0.132. The van der Waals surface area contributed by atoms with Crippen LogP contribution in [0.5, 0.6) is 0 Å². The fourth-order valence-corrected chi connectivity index (χ4v) is 8.49. The molecule has 0 spiro atoms. The van der Waals surface area contributed by atoms with E-state index in [1.165, 1.54) is 11.4 Å². The molecule has 0 saturated heterocycles. The lowest BCUT2D eigenvalue weighted by atomic mass is 9.84. The molecular weight excluding hydrogens is 567 g/mol. The first-order chi connectivity index (χ1) is 18.4. The summed E-state index contributed by atoms with van der Waals surface area (Å²) in [5, 5.41) is 16.0. The quantitative estimate of drug-likeness (QED) is 0.462. The first-order valence-corrected chi connectivity index (χ1v) is 16.7. The molecule has 0 unspecified atom stereocenters. The second-order valence-electron chi connectivity index (χ2n) is 10.1. The third-order valence-electron chi connectivity index (χ3n) is 7.32. The molecule has 5 rings (SSSR count). The first-order valence-electron chi connectivity index (χ1n) is 12.5. The molecule has 1 aromatic heterocycles. The summed E-state index contributed by atoms with van der Waals surface area (Å²) in [5.74, 6) is -1.75. The molecule has 39 heavy (non-hydrogen) atoms. The molecule has 10 nitrogen and oxygen atoms in total. The van der Waals surface area contributed by atoms with E-state index < -0.39 is 31.9 Å². The molecule has 210 valence electrons. The molecule has 2 atom stereocenters. The van der Waals surface area contributed by atoms with Gasteiger partial charge in [0.05, 0.1) is 6.26 Å². The van der Waals surface area contributed by atoms with E-state index in [9.17, 15) is 31.1 Å². The molecule has 2 aliphatic heterocycles. The first kappa shape index (κ1) is 27.7. The van der Waals surface area contributed by atoms with Crippen LogP contribution in [0.2, 0.25) is 0 Å². The highest BCUT2D eigenvalue weighted by Crippen LogP contribution is 2.42. The van der Waals surface area contributed by atoms with E-state index in [1.54, 1.807) is 24.0 Å². The second-order valence-corrected chi connectivity index (χ2v) is 14.4. The number of fused-ring (bicyclic) bond motifs is 2. The summed E-state index contributed by atoms with van der Waals surface area (Å²) < 4.78 is 69.6. The Hall–Kier alpha value is -2.81. The van der Waals surface area contributed by atoms with Gasteiger partial charge < -0.3 is 15.3 Å². The molecule has 1 aliphatic carbocycles. The van der Waals surface area contributed by atoms with Gasteiger partial charge in [0.25, 0.3) is 15.9 Å². The number of aliphatic hydroxyl groups is 1. The fraction of sp³-hybridized carbons (Fsp3) is 0.440. The van der Waals surface area contributed by atoms with Crippen molar-refractivity contribution in [3.05, 3.63) is 57.4 Å². The van der Waals surface area contributed by atoms with Crippen LogP contribution in [0.4, 0.5) is 9.39 Å². The largest absolute Gasteiger partial charge is 0.511 e. The number of halogens is 1. The zero-order valence-corrected chi connectivity index (χ0v) is 23.8. The van der Waals surface area contributed by atoms with Crippen LogP contribution in [0.25, 0.3) is 0 Å². The zero-order valence-electron chi connectivity index (χ0n) is 21.4. The molecule has 1 saturated carbocycles. The number of amidine groups is 1. The number of rotatable bonds is 6. The van der Waals surface area contributed by atoms with E-state index in [2.05, 4.69) is 14.4 Å². The summed E-state index contributed by atoms with van der Waals surface area (Å²) in [6.07, 6.45) is 4.95. The van der Waals surface area contributed by atoms with E-state index in [1.807, 2.05) is 0 Å². The predicted octanol–water partition coefficient (Wildman–Crippen LogP) is 3.56. The van der Waals surface area contributed by atoms with E-state index in [4.69, 9.17) is 0 Å². The maximum Gasteiger partial charge on any atom is 0.287 e. The Kier molecular flexibility index (Phi) is 7.33. The number of carbonyl (C=O) groups is 1. The number of benzene rings is 1. The molecule has 14 heteroatoms. The van der Waals surface area contributed by atoms with Gasteiger partial charge in [-0.3, -0.25) is 4.79 Å². The standard InChI is InChI=1S/C25H29FN4O6S3/c1-14-10-15(8-9-18(14)26)12-30-19-7-5-3-4-6-17(19)21(31)20(25(30)32)23-28-24-22(39(35,36)29-23)16(13-37-24)11-27-38(2,33)34/h8-10,13,17,19,27,31H,3-7,11-12H2,1-2H3,(H,28,29)/t17-,19+/m1/s1. The highest BCUT2D eigenvalue weighted by molar-refractivity contribution is 7.91. The molecule has 1 aromatic carbocycles. The van der Waals surface area contributed by atoms with Crippen molar-refractivity contribution in [1.82, 2.24) is 9.62 Å². The van der Waals surface area contributed by atoms with Gasteiger partial charge >= 0.3 is 0 Å². The number of hydrogen-bond donors (Lipinski definition) is 3. The number of anilines is 1. The van der Waals surface area contributed by atoms with Crippen LogP contribution in [-0.4, -0.2) is 50.9 Å². The summed E-state index contributed by atoms with van der Waals surface area (Å²) in [7, 11) is -7.89. The molecule has 1 amide bonds. The smallest absolute Gasteiger partial charge is 0.287 e. The van der Waals surface area contributed by atoms with Crippen LogP contribution in [0.15, 0.2) is 44.2 Å². The normalized spacial score (nSPS) is 23.0. The number of nitrogens with zero attached hydrogens (tertiary/aromatic N) is 2. The average molecular weight is 597 g/mol. The van der Waals surface area contributed by atoms with Gasteiger partial charge in [-0.25, -0.2) is 17.5 Å². The molecule has 1 fully saturated rings. The second kappa shape index (κ2) is 10.3. The van der Waals surface area contributed by atoms with Gasteiger partial charge in [0, 0.05) is 30.6 Å². The van der Waals surface area contributed by atoms with Crippen LogP contribution in [-0.2, 0) is 37.9 Å². The van der Waals surface area contributed by atoms with Crippen molar-refractivity contribution >= 4 is 48.1 Å². The van der Waals surface area contributed by atoms with Gasteiger partial charge in [0.1, 0.15) is 27.0 Å². The van der Waals surface area contributed by atoms with E-state index in [0.717, 1.165) is 42.4 Å². The maximum absolute atomic E-state index is 13.9. The molecule has 3 N–H and O–H groups in total. The van der Waals surface area contributed by atoms with Crippen LogP contribution in [0.1, 0.15) is 48.8 Å². The van der Waals surface area contributed by atoms with E-state index in [0.29, 0.717) is 18.4 Å². The topological polar surface area (TPSA) is 145 Å². The van der Waals surface area contributed by atoms with E-state index in [-0.39, 0.29) is 57.6 Å². The number of amides is 1. The van der Waals surface area contributed by atoms with Crippen molar-refractivity contribution in [3.8, 4) is 0 Å². The van der Waals surface area contributed by atoms with Gasteiger partial charge in [-0.2, -0.15) is 8.42 Å². The molecular formula is C25H29FN4O6S3. The van der Waals surface area contributed by atoms with Gasteiger partial charge in [-0.15, -0.1) is 15.7 Å². The number of carbonyl (C=O) groups excluding carboxylic acids is 1. The predicted molar refractivity (Wildman–Crippen MR) is 146 cm³/mol.